The van der Waals surface area contributed by atoms with Crippen LogP contribution in [0, 0.1) is 12.7 Å². The van der Waals surface area contributed by atoms with Crippen molar-refractivity contribution in [3.63, 3.8) is 0 Å². The highest BCUT2D eigenvalue weighted by Crippen LogP contribution is 2.43. The number of benzene rings is 2. The predicted octanol–water partition coefficient (Wildman–Crippen LogP) is 3.97. The Kier molecular flexibility index (Phi) is 4.94. The molecule has 29 heavy (non-hydrogen) atoms. The fraction of sp³-hybridized carbons (Fsp3) is 0.238. The van der Waals surface area contributed by atoms with Gasteiger partial charge in [0.1, 0.15) is 18.2 Å². The van der Waals surface area contributed by atoms with Gasteiger partial charge in [0, 0.05) is 29.5 Å². The fourth-order valence-electron chi connectivity index (χ4n) is 3.43. The Labute approximate surface area is 166 Å². The number of phenolic OH excluding ortho intramolecular Hbond substituents is 1. The molecule has 2 heterocycles. The molecule has 7 nitrogen and oxygen atoms in total. The van der Waals surface area contributed by atoms with Crippen molar-refractivity contribution in [2.24, 2.45) is 0 Å². The SMILES string of the molecule is COCCOc1ccc2c(-c3ccc(O)cc3F)nc3[nH]nc(C)c3c2c1OC. The van der Waals surface area contributed by atoms with E-state index in [9.17, 15) is 9.50 Å². The highest BCUT2D eigenvalue weighted by molar-refractivity contribution is 6.14. The van der Waals surface area contributed by atoms with Crippen molar-refractivity contribution < 1.29 is 23.7 Å². The number of hydrogen-bond donors (Lipinski definition) is 2. The van der Waals surface area contributed by atoms with E-state index in [1.807, 2.05) is 13.0 Å². The Morgan fingerprint density at radius 1 is 1.10 bits per heavy atom. The zero-order valence-corrected chi connectivity index (χ0v) is 16.2. The number of aryl methyl sites for hydroxylation is 1. The van der Waals surface area contributed by atoms with Gasteiger partial charge < -0.3 is 19.3 Å². The summed E-state index contributed by atoms with van der Waals surface area (Å²) in [4.78, 5) is 4.61. The monoisotopic (exact) mass is 397 g/mol. The second-order valence-electron chi connectivity index (χ2n) is 6.52. The Morgan fingerprint density at radius 3 is 2.66 bits per heavy atom. The molecule has 2 N–H and O–H groups in total. The quantitative estimate of drug-likeness (QED) is 0.479. The van der Waals surface area contributed by atoms with Crippen molar-refractivity contribution in [1.82, 2.24) is 15.2 Å². The summed E-state index contributed by atoms with van der Waals surface area (Å²) in [5.41, 5.74) is 1.92. The highest BCUT2D eigenvalue weighted by Gasteiger charge is 2.21. The minimum Gasteiger partial charge on any atom is -0.508 e. The average Bonchev–Trinajstić information content (AvgIpc) is 3.08. The molecule has 0 fully saturated rings. The van der Waals surface area contributed by atoms with Gasteiger partial charge in [0.2, 0.25) is 0 Å². The molecule has 150 valence electrons. The number of halogens is 1. The summed E-state index contributed by atoms with van der Waals surface area (Å²) in [5, 5.41) is 18.9. The van der Waals surface area contributed by atoms with Crippen LogP contribution >= 0.6 is 0 Å². The first kappa shape index (κ1) is 18.9. The third-order valence-electron chi connectivity index (χ3n) is 4.74. The van der Waals surface area contributed by atoms with Gasteiger partial charge in [-0.2, -0.15) is 5.10 Å². The molecule has 0 amide bonds. The zero-order chi connectivity index (χ0) is 20.5. The molecular formula is C21H20FN3O4. The largest absolute Gasteiger partial charge is 0.508 e. The lowest BCUT2D eigenvalue weighted by molar-refractivity contribution is 0.144. The molecule has 0 spiro atoms. The predicted molar refractivity (Wildman–Crippen MR) is 107 cm³/mol. The first-order valence-corrected chi connectivity index (χ1v) is 9.01. The van der Waals surface area contributed by atoms with Gasteiger partial charge in [0.25, 0.3) is 0 Å². The van der Waals surface area contributed by atoms with E-state index in [4.69, 9.17) is 14.2 Å². The molecule has 8 heteroatoms. The molecule has 0 aliphatic rings. The van der Waals surface area contributed by atoms with Crippen molar-refractivity contribution >= 4 is 21.8 Å². The number of phenols is 1. The van der Waals surface area contributed by atoms with Crippen LogP contribution in [0.25, 0.3) is 33.1 Å². The Morgan fingerprint density at radius 2 is 1.93 bits per heavy atom. The number of fused-ring (bicyclic) bond motifs is 3. The summed E-state index contributed by atoms with van der Waals surface area (Å²) in [5.74, 6) is 0.326. The topological polar surface area (TPSA) is 89.5 Å². The standard InChI is InChI=1S/C21H20FN3O4/c1-11-17-18-14(6-7-16(20(18)28-3)29-9-8-27-2)19(23-21(17)25-24-11)13-5-4-12(26)10-15(13)22/h4-7,10,26H,8-9H2,1-3H3,(H,23,24,25). The normalized spacial score (nSPS) is 11.3. The van der Waals surface area contributed by atoms with Gasteiger partial charge in [0.05, 0.1) is 30.5 Å². The minimum absolute atomic E-state index is 0.152. The number of rotatable bonds is 6. The molecule has 4 rings (SSSR count). The van der Waals surface area contributed by atoms with E-state index in [1.54, 1.807) is 20.3 Å². The van der Waals surface area contributed by atoms with E-state index in [2.05, 4.69) is 15.2 Å². The molecule has 0 aliphatic heterocycles. The summed E-state index contributed by atoms with van der Waals surface area (Å²) in [7, 11) is 3.16. The van der Waals surface area contributed by atoms with Crippen molar-refractivity contribution in [1.29, 1.82) is 0 Å². The molecule has 0 radical (unpaired) electrons. The van der Waals surface area contributed by atoms with Crippen LogP contribution in [-0.4, -0.2) is 47.7 Å². The van der Waals surface area contributed by atoms with Crippen LogP contribution in [0.2, 0.25) is 0 Å². The Balaban J connectivity index is 2.05. The fourth-order valence-corrected chi connectivity index (χ4v) is 3.43. The van der Waals surface area contributed by atoms with E-state index in [0.29, 0.717) is 41.4 Å². The minimum atomic E-state index is -0.575. The van der Waals surface area contributed by atoms with Crippen molar-refractivity contribution in [2.45, 2.75) is 6.92 Å². The molecule has 0 aliphatic carbocycles. The highest BCUT2D eigenvalue weighted by atomic mass is 19.1. The van der Waals surface area contributed by atoms with Crippen LogP contribution in [0.15, 0.2) is 30.3 Å². The molecule has 0 bridgehead atoms. The maximum absolute atomic E-state index is 14.6. The number of ether oxygens (including phenoxy) is 3. The van der Waals surface area contributed by atoms with E-state index in [0.717, 1.165) is 22.5 Å². The maximum Gasteiger partial charge on any atom is 0.169 e. The van der Waals surface area contributed by atoms with Crippen LogP contribution < -0.4 is 9.47 Å². The van der Waals surface area contributed by atoms with Crippen LogP contribution in [-0.2, 0) is 4.74 Å². The van der Waals surface area contributed by atoms with Crippen LogP contribution in [0.3, 0.4) is 0 Å². The number of aromatic hydroxyl groups is 1. The Hall–Kier alpha value is -3.39. The Bertz CT molecular complexity index is 1210. The molecule has 0 saturated carbocycles. The number of aromatic nitrogens is 3. The van der Waals surface area contributed by atoms with Gasteiger partial charge in [-0.05, 0) is 31.2 Å². The van der Waals surface area contributed by atoms with Crippen molar-refractivity contribution in [2.75, 3.05) is 27.4 Å². The van der Waals surface area contributed by atoms with Gasteiger partial charge in [-0.15, -0.1) is 0 Å². The van der Waals surface area contributed by atoms with Gasteiger partial charge >= 0.3 is 0 Å². The van der Waals surface area contributed by atoms with Crippen LogP contribution in [0.4, 0.5) is 4.39 Å². The van der Waals surface area contributed by atoms with E-state index >= 15 is 0 Å². The average molecular weight is 397 g/mol. The zero-order valence-electron chi connectivity index (χ0n) is 16.2. The number of methoxy groups -OCH3 is 2. The number of aromatic amines is 1. The first-order valence-electron chi connectivity index (χ1n) is 9.01. The summed E-state index contributed by atoms with van der Waals surface area (Å²) >= 11 is 0. The molecule has 0 saturated heterocycles. The van der Waals surface area contributed by atoms with Gasteiger partial charge in [-0.25, -0.2) is 9.37 Å². The van der Waals surface area contributed by atoms with E-state index in [-0.39, 0.29) is 11.3 Å². The number of nitrogens with one attached hydrogen (secondary N) is 1. The lowest BCUT2D eigenvalue weighted by Crippen LogP contribution is -2.05. The molecule has 4 aromatic rings. The van der Waals surface area contributed by atoms with Crippen molar-refractivity contribution in [3.05, 3.63) is 41.8 Å². The molecule has 0 unspecified atom stereocenters. The third-order valence-corrected chi connectivity index (χ3v) is 4.74. The van der Waals surface area contributed by atoms with Crippen LogP contribution in [0.5, 0.6) is 17.2 Å². The number of H-pyrrole nitrogens is 1. The van der Waals surface area contributed by atoms with Crippen molar-refractivity contribution in [3.8, 4) is 28.5 Å². The molecule has 0 atom stereocenters. The van der Waals surface area contributed by atoms with Crippen LogP contribution in [0.1, 0.15) is 5.69 Å². The first-order chi connectivity index (χ1) is 14.0. The lowest BCUT2D eigenvalue weighted by atomic mass is 9.99. The second kappa shape index (κ2) is 7.56. The third kappa shape index (κ3) is 3.21. The summed E-state index contributed by atoms with van der Waals surface area (Å²) in [6.45, 7) is 2.65. The lowest BCUT2D eigenvalue weighted by Gasteiger charge is -2.16. The van der Waals surface area contributed by atoms with Gasteiger partial charge in [-0.1, -0.05) is 0 Å². The molecule has 2 aromatic carbocycles. The number of hydrogen-bond acceptors (Lipinski definition) is 6. The summed E-state index contributed by atoms with van der Waals surface area (Å²) < 4.78 is 31.2. The molecule has 2 aromatic heterocycles. The molecular weight excluding hydrogens is 377 g/mol. The smallest absolute Gasteiger partial charge is 0.169 e. The number of nitrogens with zero attached hydrogens (tertiary/aromatic N) is 2. The number of pyridine rings is 1. The second-order valence-corrected chi connectivity index (χ2v) is 6.52. The van der Waals surface area contributed by atoms with E-state index < -0.39 is 5.82 Å². The maximum atomic E-state index is 14.6. The summed E-state index contributed by atoms with van der Waals surface area (Å²) in [6.07, 6.45) is 0. The summed E-state index contributed by atoms with van der Waals surface area (Å²) in [6, 6.07) is 7.57. The van der Waals surface area contributed by atoms with Gasteiger partial charge in [0.15, 0.2) is 17.1 Å². The van der Waals surface area contributed by atoms with Gasteiger partial charge in [-0.3, -0.25) is 5.10 Å². The van der Waals surface area contributed by atoms with E-state index in [1.165, 1.54) is 12.1 Å².